The summed E-state index contributed by atoms with van der Waals surface area (Å²) in [7, 11) is -5.06. The molecule has 1 heterocycles. The zero-order chi connectivity index (χ0) is 19.7. The van der Waals surface area contributed by atoms with Gasteiger partial charge in [0.05, 0.1) is 17.1 Å². The first-order chi connectivity index (χ1) is 12.7. The highest BCUT2D eigenvalue weighted by molar-refractivity contribution is 7.95. The molecule has 0 amide bonds. The Bertz CT molecular complexity index is 931. The molecule has 0 atom stereocenters. The summed E-state index contributed by atoms with van der Waals surface area (Å²) in [6, 6.07) is 11.7. The summed E-state index contributed by atoms with van der Waals surface area (Å²) in [5.74, 6) is -0.418. The molecule has 146 valence electrons. The highest BCUT2D eigenvalue weighted by Gasteiger charge is 2.35. The van der Waals surface area contributed by atoms with E-state index < -0.39 is 24.1 Å². The minimum Gasteiger partial charge on any atom is -0.467 e. The molecular formula is C18H23FN2O4SSi. The fourth-order valence-corrected chi connectivity index (χ4v) is 4.72. The van der Waals surface area contributed by atoms with E-state index in [0.717, 1.165) is 16.4 Å². The first-order valence-corrected chi connectivity index (χ1v) is 13.7. The predicted octanol–water partition coefficient (Wildman–Crippen LogP) is 4.33. The van der Waals surface area contributed by atoms with Gasteiger partial charge in [0.1, 0.15) is 5.75 Å². The minimum absolute atomic E-state index is 0.0235. The van der Waals surface area contributed by atoms with Gasteiger partial charge >= 0.3 is 10.2 Å². The molecule has 6 nitrogen and oxygen atoms in total. The Kier molecular flexibility index (Phi) is 5.45. The molecule has 0 saturated carbocycles. The summed E-state index contributed by atoms with van der Waals surface area (Å²) in [5.41, 5.74) is 0.715. The summed E-state index contributed by atoms with van der Waals surface area (Å²) >= 11 is 0. The van der Waals surface area contributed by atoms with Crippen molar-refractivity contribution in [2.24, 2.45) is 0 Å². The quantitative estimate of drug-likeness (QED) is 0.419. The molecular weight excluding hydrogens is 387 g/mol. The number of fused-ring (bicyclic) bond motifs is 1. The van der Waals surface area contributed by atoms with Crippen LogP contribution in [0.15, 0.2) is 42.5 Å². The van der Waals surface area contributed by atoms with Gasteiger partial charge < -0.3 is 9.47 Å². The van der Waals surface area contributed by atoms with Gasteiger partial charge in [-0.05, 0) is 30.3 Å². The molecule has 1 aliphatic heterocycles. The van der Waals surface area contributed by atoms with Gasteiger partial charge in [0.15, 0.2) is 12.6 Å². The molecule has 0 fully saturated rings. The molecule has 0 unspecified atom stereocenters. The lowest BCUT2D eigenvalue weighted by molar-refractivity contribution is 0.0219. The van der Waals surface area contributed by atoms with Crippen LogP contribution in [0.3, 0.4) is 0 Å². The molecule has 27 heavy (non-hydrogen) atoms. The van der Waals surface area contributed by atoms with Crippen LogP contribution in [0, 0.1) is 5.82 Å². The second kappa shape index (κ2) is 7.49. The van der Waals surface area contributed by atoms with Crippen LogP contribution < -0.4 is 13.8 Å². The molecule has 3 rings (SSSR count). The Morgan fingerprint density at radius 3 is 2.56 bits per heavy atom. The minimum atomic E-state index is -3.89. The predicted molar refractivity (Wildman–Crippen MR) is 107 cm³/mol. The zero-order valence-corrected chi connectivity index (χ0v) is 17.3. The molecule has 1 aliphatic rings. The third-order valence-electron chi connectivity index (χ3n) is 4.05. The van der Waals surface area contributed by atoms with Gasteiger partial charge in [-0.15, -0.1) is 0 Å². The third-order valence-corrected chi connectivity index (χ3v) is 7.10. The summed E-state index contributed by atoms with van der Waals surface area (Å²) in [6.07, 6.45) is 0. The fraction of sp³-hybridized carbons (Fsp3) is 0.333. The van der Waals surface area contributed by atoms with Crippen LogP contribution in [0.4, 0.5) is 21.5 Å². The lowest BCUT2D eigenvalue weighted by atomic mass is 10.2. The van der Waals surface area contributed by atoms with E-state index in [1.54, 1.807) is 24.3 Å². The Morgan fingerprint density at radius 2 is 1.85 bits per heavy atom. The average molecular weight is 411 g/mol. The number of anilines is 3. The standard InChI is InChI=1S/C18H23FN2O4SSi/c1-27(2,3)11-10-24-13-25-14-8-9-17(15(19)12-14)21-18-7-5-4-6-16(18)20-26(21,22)23/h4-9,12,20H,10-11,13H2,1-3H3. The molecule has 9 heteroatoms. The maximum atomic E-state index is 14.6. The van der Waals surface area contributed by atoms with E-state index in [1.165, 1.54) is 12.1 Å². The number of rotatable bonds is 7. The van der Waals surface area contributed by atoms with E-state index in [-0.39, 0.29) is 18.2 Å². The van der Waals surface area contributed by atoms with E-state index in [2.05, 4.69) is 24.4 Å². The van der Waals surface area contributed by atoms with Gasteiger partial charge in [0.25, 0.3) is 0 Å². The molecule has 2 aromatic rings. The van der Waals surface area contributed by atoms with E-state index in [1.807, 2.05) is 0 Å². The summed E-state index contributed by atoms with van der Waals surface area (Å²) in [6.45, 7) is 7.39. The van der Waals surface area contributed by atoms with Crippen molar-refractivity contribution in [3.05, 3.63) is 48.3 Å². The van der Waals surface area contributed by atoms with Gasteiger partial charge in [-0.2, -0.15) is 8.42 Å². The topological polar surface area (TPSA) is 67.9 Å². The van der Waals surface area contributed by atoms with Crippen LogP contribution in [-0.4, -0.2) is 29.9 Å². The third kappa shape index (κ3) is 4.60. The van der Waals surface area contributed by atoms with Crippen LogP contribution in [0.25, 0.3) is 0 Å². The van der Waals surface area contributed by atoms with Crippen molar-refractivity contribution in [2.45, 2.75) is 25.7 Å². The largest absolute Gasteiger partial charge is 0.467 e. The van der Waals surface area contributed by atoms with Crippen molar-refractivity contribution in [3.8, 4) is 5.75 Å². The Morgan fingerprint density at radius 1 is 1.11 bits per heavy atom. The Labute approximate surface area is 160 Å². The number of halogens is 1. The molecule has 1 N–H and O–H groups in total. The lowest BCUT2D eigenvalue weighted by Crippen LogP contribution is -2.26. The van der Waals surface area contributed by atoms with E-state index >= 15 is 0 Å². The number of nitrogens with one attached hydrogen (secondary N) is 1. The highest BCUT2D eigenvalue weighted by Crippen LogP contribution is 2.42. The number of hydrogen-bond donors (Lipinski definition) is 1. The van der Waals surface area contributed by atoms with Crippen molar-refractivity contribution < 1.29 is 22.3 Å². The van der Waals surface area contributed by atoms with Crippen LogP contribution in [0.5, 0.6) is 5.75 Å². The van der Waals surface area contributed by atoms with Crippen LogP contribution in [0.2, 0.25) is 25.7 Å². The molecule has 0 aromatic heterocycles. The average Bonchev–Trinajstić information content (AvgIpc) is 2.83. The smallest absolute Gasteiger partial charge is 0.328 e. The number of nitrogens with zero attached hydrogens (tertiary/aromatic N) is 1. The second-order valence-electron chi connectivity index (χ2n) is 7.48. The first-order valence-electron chi connectivity index (χ1n) is 8.60. The molecule has 0 aliphatic carbocycles. The second-order valence-corrected chi connectivity index (χ2v) is 14.6. The molecule has 2 aromatic carbocycles. The summed E-state index contributed by atoms with van der Waals surface area (Å²) < 4.78 is 53.6. The van der Waals surface area contributed by atoms with Gasteiger partial charge in [-0.1, -0.05) is 31.8 Å². The van der Waals surface area contributed by atoms with Crippen molar-refractivity contribution >= 4 is 35.3 Å². The van der Waals surface area contributed by atoms with Crippen LogP contribution in [-0.2, 0) is 14.9 Å². The number of para-hydroxylation sites is 2. The lowest BCUT2D eigenvalue weighted by Gasteiger charge is -2.18. The van der Waals surface area contributed by atoms with Crippen molar-refractivity contribution in [1.82, 2.24) is 0 Å². The Hall–Kier alpha value is -2.10. The molecule has 0 saturated heterocycles. The van der Waals surface area contributed by atoms with Gasteiger partial charge in [-0.3, -0.25) is 4.72 Å². The van der Waals surface area contributed by atoms with Crippen LogP contribution >= 0.6 is 0 Å². The normalized spacial score (nSPS) is 15.3. The molecule has 0 bridgehead atoms. The monoisotopic (exact) mass is 410 g/mol. The summed E-state index contributed by atoms with van der Waals surface area (Å²) in [5, 5.41) is 0. The fourth-order valence-electron chi connectivity index (χ4n) is 2.60. The highest BCUT2D eigenvalue weighted by atomic mass is 32.2. The van der Waals surface area contributed by atoms with E-state index in [4.69, 9.17) is 9.47 Å². The van der Waals surface area contributed by atoms with Crippen molar-refractivity contribution in [3.63, 3.8) is 0 Å². The van der Waals surface area contributed by atoms with E-state index in [0.29, 0.717) is 18.0 Å². The summed E-state index contributed by atoms with van der Waals surface area (Å²) in [4.78, 5) is 0. The maximum absolute atomic E-state index is 14.6. The molecule has 0 radical (unpaired) electrons. The maximum Gasteiger partial charge on any atom is 0.328 e. The zero-order valence-electron chi connectivity index (χ0n) is 15.5. The van der Waals surface area contributed by atoms with Crippen molar-refractivity contribution in [1.29, 1.82) is 0 Å². The number of ether oxygens (including phenoxy) is 2. The number of benzene rings is 2. The molecule has 0 spiro atoms. The van der Waals surface area contributed by atoms with E-state index in [9.17, 15) is 12.8 Å². The van der Waals surface area contributed by atoms with Crippen molar-refractivity contribution in [2.75, 3.05) is 22.4 Å². The Balaban J connectivity index is 1.70. The first kappa shape index (κ1) is 19.7. The SMILES string of the molecule is C[Si](C)(C)CCOCOc1ccc(N2c3ccccc3NS2(=O)=O)c(F)c1. The van der Waals surface area contributed by atoms with Gasteiger partial charge in [0, 0.05) is 20.7 Å². The number of hydrogen-bond acceptors (Lipinski definition) is 4. The van der Waals surface area contributed by atoms with Gasteiger partial charge in [0.2, 0.25) is 0 Å². The van der Waals surface area contributed by atoms with Gasteiger partial charge in [-0.25, -0.2) is 8.70 Å². The van der Waals surface area contributed by atoms with Crippen LogP contribution in [0.1, 0.15) is 0 Å².